The zero-order valence-corrected chi connectivity index (χ0v) is 14.6. The molecule has 0 aliphatic carbocycles. The van der Waals surface area contributed by atoms with E-state index in [1.54, 1.807) is 6.07 Å². The van der Waals surface area contributed by atoms with Gasteiger partial charge >= 0.3 is 0 Å². The van der Waals surface area contributed by atoms with Crippen molar-refractivity contribution < 1.29 is 4.74 Å². The number of benzene rings is 1. The molecule has 118 valence electrons. The van der Waals surface area contributed by atoms with Crippen LogP contribution in [-0.4, -0.2) is 43.8 Å². The van der Waals surface area contributed by atoms with Crippen LogP contribution in [0.3, 0.4) is 0 Å². The summed E-state index contributed by atoms with van der Waals surface area (Å²) < 4.78 is 5.79. The summed E-state index contributed by atoms with van der Waals surface area (Å²) in [7, 11) is 0. The fourth-order valence-electron chi connectivity index (χ4n) is 2.48. The minimum absolute atomic E-state index is 0.0906. The lowest BCUT2D eigenvalue weighted by atomic mass is 10.1. The number of likely N-dealkylation sites (N-methyl/N-ethyl adjacent to an activating group) is 1. The highest BCUT2D eigenvalue weighted by molar-refractivity contribution is 6.48. The number of nitrogens with zero attached hydrogens (tertiary/aromatic N) is 1. The summed E-state index contributed by atoms with van der Waals surface area (Å²) in [5, 5.41) is 4.87. The minimum Gasteiger partial charge on any atom is -0.374 e. The summed E-state index contributed by atoms with van der Waals surface area (Å²) in [4.78, 5) is 2.40. The molecule has 1 aliphatic rings. The van der Waals surface area contributed by atoms with Crippen LogP contribution in [0.4, 0.5) is 0 Å². The van der Waals surface area contributed by atoms with Gasteiger partial charge in [0.05, 0.1) is 27.8 Å². The van der Waals surface area contributed by atoms with Crippen molar-refractivity contribution in [3.8, 4) is 0 Å². The molecule has 0 amide bonds. The van der Waals surface area contributed by atoms with Gasteiger partial charge in [-0.05, 0) is 25.1 Å². The third-order valence-corrected chi connectivity index (χ3v) is 5.16. The van der Waals surface area contributed by atoms with Crippen molar-refractivity contribution in [3.05, 3.63) is 32.8 Å². The minimum atomic E-state index is 0.0906. The zero-order valence-electron chi connectivity index (χ0n) is 12.3. The number of hydrogen-bond acceptors (Lipinski definition) is 3. The first-order valence-corrected chi connectivity index (χ1v) is 8.37. The lowest BCUT2D eigenvalue weighted by Crippen LogP contribution is -2.46. The summed E-state index contributed by atoms with van der Waals surface area (Å²) >= 11 is 18.3. The Hall–Kier alpha value is -0.0300. The molecule has 1 fully saturated rings. The predicted molar refractivity (Wildman–Crippen MR) is 89.7 cm³/mol. The van der Waals surface area contributed by atoms with Crippen molar-refractivity contribution in [1.82, 2.24) is 10.2 Å². The molecule has 1 N–H and O–H groups in total. The second-order valence-electron chi connectivity index (χ2n) is 5.28. The van der Waals surface area contributed by atoms with Crippen molar-refractivity contribution in [2.75, 3.05) is 32.8 Å². The lowest BCUT2D eigenvalue weighted by molar-refractivity contribution is -0.0261. The van der Waals surface area contributed by atoms with Gasteiger partial charge in [-0.2, -0.15) is 0 Å². The molecule has 1 aromatic rings. The first-order valence-electron chi connectivity index (χ1n) is 7.23. The van der Waals surface area contributed by atoms with Crippen LogP contribution in [0.25, 0.3) is 0 Å². The Kier molecular flexibility index (Phi) is 6.60. The summed E-state index contributed by atoms with van der Waals surface area (Å²) in [5.74, 6) is 0. The van der Waals surface area contributed by atoms with Crippen molar-refractivity contribution in [1.29, 1.82) is 0 Å². The van der Waals surface area contributed by atoms with Gasteiger partial charge in [0.15, 0.2) is 0 Å². The highest BCUT2D eigenvalue weighted by Crippen LogP contribution is 2.35. The molecule has 2 rings (SSSR count). The molecule has 1 saturated heterocycles. The van der Waals surface area contributed by atoms with Gasteiger partial charge in [0, 0.05) is 25.7 Å². The quantitative estimate of drug-likeness (QED) is 0.811. The maximum Gasteiger partial charge on any atom is 0.0826 e. The number of nitrogens with one attached hydrogen (secondary N) is 1. The second kappa shape index (κ2) is 8.00. The largest absolute Gasteiger partial charge is 0.374 e. The smallest absolute Gasteiger partial charge is 0.0826 e. The maximum absolute atomic E-state index is 6.26. The van der Waals surface area contributed by atoms with E-state index in [1.807, 2.05) is 6.07 Å². The van der Waals surface area contributed by atoms with Gasteiger partial charge in [-0.15, -0.1) is 0 Å². The number of rotatable bonds is 5. The van der Waals surface area contributed by atoms with Crippen molar-refractivity contribution in [2.45, 2.75) is 26.0 Å². The monoisotopic (exact) mass is 350 g/mol. The predicted octanol–water partition coefficient (Wildman–Crippen LogP) is 4.02. The van der Waals surface area contributed by atoms with E-state index in [2.05, 4.69) is 24.1 Å². The van der Waals surface area contributed by atoms with Gasteiger partial charge in [-0.1, -0.05) is 47.8 Å². The standard InChI is InChI=1S/C15H21Cl3N2O/c1-3-20-6-7-21-11(9-20)8-19-10(2)12-4-5-13(16)15(18)14(12)17/h4-5,10-11,19H,3,6-9H2,1-2H3. The average Bonchev–Trinajstić information content (AvgIpc) is 2.50. The molecular weight excluding hydrogens is 331 g/mol. The Morgan fingerprint density at radius 2 is 2.10 bits per heavy atom. The SMILES string of the molecule is CCN1CCOC(CNC(C)c2ccc(Cl)c(Cl)c2Cl)C1. The van der Waals surface area contributed by atoms with E-state index in [4.69, 9.17) is 39.5 Å². The van der Waals surface area contributed by atoms with Crippen molar-refractivity contribution >= 4 is 34.8 Å². The molecule has 3 nitrogen and oxygen atoms in total. The Labute approximate surface area is 141 Å². The molecule has 2 atom stereocenters. The van der Waals surface area contributed by atoms with E-state index in [0.717, 1.165) is 38.3 Å². The first kappa shape index (κ1) is 17.3. The van der Waals surface area contributed by atoms with Crippen LogP contribution in [0.2, 0.25) is 15.1 Å². The van der Waals surface area contributed by atoms with Gasteiger partial charge in [-0.25, -0.2) is 0 Å². The number of morpholine rings is 1. The molecule has 6 heteroatoms. The highest BCUT2D eigenvalue weighted by Gasteiger charge is 2.21. The third kappa shape index (κ3) is 4.47. The Bertz CT molecular complexity index is 484. The molecule has 0 spiro atoms. The number of ether oxygens (including phenoxy) is 1. The summed E-state index contributed by atoms with van der Waals surface area (Å²) in [6.45, 7) is 8.86. The van der Waals surface area contributed by atoms with E-state index < -0.39 is 0 Å². The zero-order chi connectivity index (χ0) is 15.4. The molecule has 0 bridgehead atoms. The van der Waals surface area contributed by atoms with E-state index in [9.17, 15) is 0 Å². The number of halogens is 3. The summed E-state index contributed by atoms with van der Waals surface area (Å²) in [6.07, 6.45) is 0.211. The third-order valence-electron chi connectivity index (χ3n) is 3.85. The fraction of sp³-hybridized carbons (Fsp3) is 0.600. The first-order chi connectivity index (χ1) is 10.0. The van der Waals surface area contributed by atoms with E-state index in [0.29, 0.717) is 15.1 Å². The highest BCUT2D eigenvalue weighted by atomic mass is 35.5. The second-order valence-corrected chi connectivity index (χ2v) is 6.44. The van der Waals surface area contributed by atoms with Gasteiger partial charge in [0.1, 0.15) is 0 Å². The Balaban J connectivity index is 1.93. The molecule has 21 heavy (non-hydrogen) atoms. The van der Waals surface area contributed by atoms with Gasteiger partial charge < -0.3 is 10.1 Å². The van der Waals surface area contributed by atoms with Crippen LogP contribution < -0.4 is 5.32 Å². The lowest BCUT2D eigenvalue weighted by Gasteiger charge is -2.33. The normalized spacial score (nSPS) is 21.5. The van der Waals surface area contributed by atoms with Crippen LogP contribution in [0.1, 0.15) is 25.5 Å². The fourth-order valence-corrected chi connectivity index (χ4v) is 3.19. The van der Waals surface area contributed by atoms with Crippen LogP contribution in [-0.2, 0) is 4.74 Å². The van der Waals surface area contributed by atoms with E-state index in [1.165, 1.54) is 0 Å². The number of hydrogen-bond donors (Lipinski definition) is 1. The van der Waals surface area contributed by atoms with E-state index >= 15 is 0 Å². The molecule has 1 aromatic carbocycles. The van der Waals surface area contributed by atoms with Crippen LogP contribution in [0, 0.1) is 0 Å². The summed E-state index contributed by atoms with van der Waals surface area (Å²) in [6, 6.07) is 3.78. The molecule has 1 heterocycles. The average molecular weight is 352 g/mol. The molecule has 0 saturated carbocycles. The molecule has 1 aliphatic heterocycles. The van der Waals surface area contributed by atoms with E-state index in [-0.39, 0.29) is 12.1 Å². The molecule has 0 radical (unpaired) electrons. The molecular formula is C15H21Cl3N2O. The van der Waals surface area contributed by atoms with Crippen molar-refractivity contribution in [3.63, 3.8) is 0 Å². The van der Waals surface area contributed by atoms with Gasteiger partial charge in [0.2, 0.25) is 0 Å². The Morgan fingerprint density at radius 3 is 2.81 bits per heavy atom. The topological polar surface area (TPSA) is 24.5 Å². The Morgan fingerprint density at radius 1 is 1.33 bits per heavy atom. The van der Waals surface area contributed by atoms with Crippen LogP contribution >= 0.6 is 34.8 Å². The van der Waals surface area contributed by atoms with Crippen LogP contribution in [0.5, 0.6) is 0 Å². The van der Waals surface area contributed by atoms with Crippen molar-refractivity contribution in [2.24, 2.45) is 0 Å². The van der Waals surface area contributed by atoms with Gasteiger partial charge in [0.25, 0.3) is 0 Å². The molecule has 0 aromatic heterocycles. The maximum atomic E-state index is 6.26. The van der Waals surface area contributed by atoms with Crippen LogP contribution in [0.15, 0.2) is 12.1 Å². The summed E-state index contributed by atoms with van der Waals surface area (Å²) in [5.41, 5.74) is 0.953. The van der Waals surface area contributed by atoms with Gasteiger partial charge in [-0.3, -0.25) is 4.90 Å². The molecule has 2 unspecified atom stereocenters.